The number of hydrogen-bond acceptors (Lipinski definition) is 2. The molecule has 2 aliphatic rings. The molecule has 2 heterocycles. The number of piperidine rings is 1. The quantitative estimate of drug-likeness (QED) is 0.380. The maximum absolute atomic E-state index is 12.2. The molecule has 3 nitrogen and oxygen atoms in total. The van der Waals surface area contributed by atoms with Crippen LogP contribution in [0.4, 0.5) is 0 Å². The molecule has 1 amide bonds. The summed E-state index contributed by atoms with van der Waals surface area (Å²) in [5, 5.41) is -0.140. The van der Waals surface area contributed by atoms with Crippen molar-refractivity contribution in [2.75, 3.05) is 6.54 Å². The zero-order chi connectivity index (χ0) is 15.3. The van der Waals surface area contributed by atoms with E-state index in [1.807, 2.05) is 4.90 Å². The third-order valence-electron chi connectivity index (χ3n) is 4.97. The molecule has 0 aromatic rings. The normalized spacial score (nSPS) is 35.4. The smallest absolute Gasteiger partial charge is 0.241 e. The Morgan fingerprint density at radius 3 is 2.50 bits per heavy atom. The van der Waals surface area contributed by atoms with Crippen LogP contribution in [-0.2, 0) is 9.22 Å². The molecule has 0 saturated carbocycles. The summed E-state index contributed by atoms with van der Waals surface area (Å²) in [4.78, 5) is 14.2. The molecule has 20 heavy (non-hydrogen) atoms. The van der Waals surface area contributed by atoms with Gasteiger partial charge >= 0.3 is 0 Å². The van der Waals surface area contributed by atoms with Crippen molar-refractivity contribution in [2.45, 2.75) is 73.2 Å². The van der Waals surface area contributed by atoms with Crippen LogP contribution in [0.25, 0.3) is 0 Å². The molecule has 2 fully saturated rings. The topological polar surface area (TPSA) is 29.5 Å². The van der Waals surface area contributed by atoms with Gasteiger partial charge in [-0.1, -0.05) is 43.4 Å². The second kappa shape index (κ2) is 5.70. The lowest BCUT2D eigenvalue weighted by atomic mass is 10.0. The molecule has 0 aromatic heterocycles. The van der Waals surface area contributed by atoms with E-state index in [9.17, 15) is 4.79 Å². The number of alkyl halides is 2. The third-order valence-corrected chi connectivity index (χ3v) is 11.2. The number of rotatable bonds is 2. The maximum Gasteiger partial charge on any atom is 0.241 e. The largest absolute Gasteiger partial charge is 0.412 e. The third kappa shape index (κ3) is 3.20. The SMILES string of the molecule is CC(C)(C)[Si](C)(C)O[C@@H]1C[C@@H]2[C@@H](I)C[C@@H](Cl)C(=O)N2C1. The molecular weight excluding hydrogens is 405 g/mol. The highest BCUT2D eigenvalue weighted by molar-refractivity contribution is 14.1. The minimum Gasteiger partial charge on any atom is -0.412 e. The van der Waals surface area contributed by atoms with Gasteiger partial charge < -0.3 is 9.33 Å². The molecule has 0 aromatic carbocycles. The summed E-state index contributed by atoms with van der Waals surface area (Å²) in [6.45, 7) is 12.0. The van der Waals surface area contributed by atoms with Crippen molar-refractivity contribution in [3.05, 3.63) is 0 Å². The van der Waals surface area contributed by atoms with E-state index >= 15 is 0 Å². The first-order valence-electron chi connectivity index (χ1n) is 7.29. The molecule has 116 valence electrons. The molecule has 0 N–H and O–H groups in total. The van der Waals surface area contributed by atoms with Gasteiger partial charge in [0.25, 0.3) is 0 Å². The minimum absolute atomic E-state index is 0.103. The number of amides is 1. The van der Waals surface area contributed by atoms with Crippen LogP contribution in [0, 0.1) is 0 Å². The second-order valence-electron chi connectivity index (χ2n) is 7.51. The molecule has 2 rings (SSSR count). The summed E-state index contributed by atoms with van der Waals surface area (Å²) < 4.78 is 6.93. The molecule has 0 bridgehead atoms. The van der Waals surface area contributed by atoms with E-state index in [0.29, 0.717) is 9.97 Å². The summed E-state index contributed by atoms with van der Waals surface area (Å²) in [5.74, 6) is 0.103. The van der Waals surface area contributed by atoms with Crippen LogP contribution in [0.3, 0.4) is 0 Å². The van der Waals surface area contributed by atoms with Gasteiger partial charge in [0, 0.05) is 16.5 Å². The van der Waals surface area contributed by atoms with Crippen molar-refractivity contribution in [2.24, 2.45) is 0 Å². The van der Waals surface area contributed by atoms with Crippen molar-refractivity contribution in [3.63, 3.8) is 0 Å². The van der Waals surface area contributed by atoms with E-state index in [1.165, 1.54) is 0 Å². The summed E-state index contributed by atoms with van der Waals surface area (Å²) >= 11 is 8.59. The second-order valence-corrected chi connectivity index (χ2v) is 14.4. The Bertz CT molecular complexity index is 399. The average Bonchev–Trinajstić information content (AvgIpc) is 2.68. The van der Waals surface area contributed by atoms with Gasteiger partial charge in [-0.15, -0.1) is 11.6 Å². The van der Waals surface area contributed by atoms with Crippen LogP contribution in [0.1, 0.15) is 33.6 Å². The first-order valence-corrected chi connectivity index (χ1v) is 11.9. The Morgan fingerprint density at radius 2 is 1.95 bits per heavy atom. The van der Waals surface area contributed by atoms with E-state index in [0.717, 1.165) is 19.4 Å². The van der Waals surface area contributed by atoms with Gasteiger partial charge in [0.1, 0.15) is 5.38 Å². The lowest BCUT2D eigenvalue weighted by Crippen LogP contribution is -2.50. The summed E-state index contributed by atoms with van der Waals surface area (Å²) in [5.41, 5.74) is 0. The lowest BCUT2D eigenvalue weighted by molar-refractivity contribution is -0.133. The molecule has 4 atom stereocenters. The van der Waals surface area contributed by atoms with Crippen molar-refractivity contribution in [1.29, 1.82) is 0 Å². The highest BCUT2D eigenvalue weighted by Crippen LogP contribution is 2.41. The number of halogens is 2. The fourth-order valence-electron chi connectivity index (χ4n) is 2.74. The fourth-order valence-corrected chi connectivity index (χ4v) is 5.90. The van der Waals surface area contributed by atoms with Crippen LogP contribution >= 0.6 is 34.2 Å². The van der Waals surface area contributed by atoms with Crippen molar-refractivity contribution in [1.82, 2.24) is 4.90 Å². The number of carbonyl (C=O) groups is 1. The van der Waals surface area contributed by atoms with Gasteiger partial charge in [-0.2, -0.15) is 0 Å². The van der Waals surface area contributed by atoms with Crippen LogP contribution in [0.15, 0.2) is 0 Å². The van der Waals surface area contributed by atoms with E-state index in [4.69, 9.17) is 16.0 Å². The Balaban J connectivity index is 2.07. The van der Waals surface area contributed by atoms with Crippen molar-refractivity contribution >= 4 is 48.4 Å². The Labute approximate surface area is 142 Å². The number of hydrogen-bond donors (Lipinski definition) is 0. The van der Waals surface area contributed by atoms with E-state index in [2.05, 4.69) is 56.5 Å². The number of nitrogens with zero attached hydrogens (tertiary/aromatic N) is 1. The Morgan fingerprint density at radius 1 is 1.35 bits per heavy atom. The molecule has 2 aliphatic heterocycles. The Kier molecular flexibility index (Phi) is 4.85. The summed E-state index contributed by atoms with van der Waals surface area (Å²) in [7, 11) is -1.77. The van der Waals surface area contributed by atoms with Crippen molar-refractivity contribution in [3.8, 4) is 0 Å². The van der Waals surface area contributed by atoms with Gasteiger partial charge in [-0.3, -0.25) is 4.79 Å². The molecule has 6 heteroatoms. The lowest BCUT2D eigenvalue weighted by Gasteiger charge is -2.38. The molecular formula is C14H25ClINO2Si. The molecule has 0 radical (unpaired) electrons. The van der Waals surface area contributed by atoms with Gasteiger partial charge in [0.2, 0.25) is 5.91 Å². The summed E-state index contributed by atoms with van der Waals surface area (Å²) in [6.07, 6.45) is 1.94. The van der Waals surface area contributed by atoms with Crippen LogP contribution in [-0.4, -0.2) is 47.1 Å². The number of carbonyl (C=O) groups excluding carboxylic acids is 1. The molecule has 0 aliphatic carbocycles. The van der Waals surface area contributed by atoms with E-state index in [1.54, 1.807) is 0 Å². The van der Waals surface area contributed by atoms with E-state index in [-0.39, 0.29) is 22.4 Å². The van der Waals surface area contributed by atoms with Crippen molar-refractivity contribution < 1.29 is 9.22 Å². The van der Waals surface area contributed by atoms with Gasteiger partial charge in [0.05, 0.1) is 6.10 Å². The molecule has 0 spiro atoms. The predicted molar refractivity (Wildman–Crippen MR) is 94.3 cm³/mol. The van der Waals surface area contributed by atoms with Gasteiger partial charge in [-0.05, 0) is 31.0 Å². The minimum atomic E-state index is -1.77. The maximum atomic E-state index is 12.2. The zero-order valence-electron chi connectivity index (χ0n) is 13.0. The van der Waals surface area contributed by atoms with Gasteiger partial charge in [0.15, 0.2) is 8.32 Å². The number of fused-ring (bicyclic) bond motifs is 1. The van der Waals surface area contributed by atoms with Gasteiger partial charge in [-0.25, -0.2) is 0 Å². The standard InChI is InChI=1S/C14H25ClINO2Si/c1-14(2,3)20(4,5)19-9-6-12-11(16)7-10(15)13(18)17(12)8-9/h9-12H,6-8H2,1-5H3/t9-,10-,11+,12-/m1/s1. The van der Waals surface area contributed by atoms with Crippen LogP contribution in [0.5, 0.6) is 0 Å². The molecule has 2 saturated heterocycles. The highest BCUT2D eigenvalue weighted by Gasteiger charge is 2.48. The van der Waals surface area contributed by atoms with E-state index < -0.39 is 8.32 Å². The Hall–Kier alpha value is 0.667. The fraction of sp³-hybridized carbons (Fsp3) is 0.929. The summed E-state index contributed by atoms with van der Waals surface area (Å²) in [6, 6.07) is 0.313. The predicted octanol–water partition coefficient (Wildman–Crippen LogP) is 3.79. The zero-order valence-corrected chi connectivity index (χ0v) is 16.9. The van der Waals surface area contributed by atoms with Crippen LogP contribution in [0.2, 0.25) is 18.1 Å². The molecule has 0 unspecified atom stereocenters. The highest BCUT2D eigenvalue weighted by atomic mass is 127. The first kappa shape index (κ1) is 17.0. The monoisotopic (exact) mass is 429 g/mol. The average molecular weight is 430 g/mol. The first-order chi connectivity index (χ1) is 9.03. The van der Waals surface area contributed by atoms with Crippen LogP contribution < -0.4 is 0 Å².